The molecule has 1 heterocycles. The molecule has 1 aliphatic rings. The van der Waals surface area contributed by atoms with E-state index in [0.29, 0.717) is 32.5 Å². The van der Waals surface area contributed by atoms with E-state index in [2.05, 4.69) is 4.90 Å². The molecule has 2 aromatic carbocycles. The summed E-state index contributed by atoms with van der Waals surface area (Å²) < 4.78 is 18.7. The molecule has 138 valence electrons. The zero-order chi connectivity index (χ0) is 18.4. The first-order valence-corrected chi connectivity index (χ1v) is 9.09. The minimum Gasteiger partial charge on any atom is -0.494 e. The second-order valence-corrected chi connectivity index (χ2v) is 6.61. The highest BCUT2D eigenvalue weighted by Crippen LogP contribution is 2.17. The molecule has 0 spiro atoms. The number of hydrogen-bond acceptors (Lipinski definition) is 3. The quantitative estimate of drug-likeness (QED) is 0.741. The molecule has 0 bridgehead atoms. The van der Waals surface area contributed by atoms with Crippen molar-refractivity contribution in [2.45, 2.75) is 19.8 Å². The fraction of sp³-hybridized carbons (Fsp3) is 0.381. The van der Waals surface area contributed by atoms with Crippen LogP contribution in [0.15, 0.2) is 48.5 Å². The van der Waals surface area contributed by atoms with Crippen LogP contribution < -0.4 is 9.64 Å². The molecule has 3 rings (SSSR count). The Morgan fingerprint density at radius 3 is 2.31 bits per heavy atom. The van der Waals surface area contributed by atoms with Crippen molar-refractivity contribution >= 4 is 11.6 Å². The first-order chi connectivity index (χ1) is 12.6. The minimum absolute atomic E-state index is 0.177. The maximum Gasteiger partial charge on any atom is 0.222 e. The molecule has 1 amide bonds. The highest BCUT2D eigenvalue weighted by molar-refractivity contribution is 5.76. The van der Waals surface area contributed by atoms with E-state index in [9.17, 15) is 9.18 Å². The first-order valence-electron chi connectivity index (χ1n) is 9.09. The van der Waals surface area contributed by atoms with Gasteiger partial charge in [-0.2, -0.15) is 0 Å². The Kier molecular flexibility index (Phi) is 6.10. The summed E-state index contributed by atoms with van der Waals surface area (Å²) >= 11 is 0. The Hall–Kier alpha value is -2.56. The Bertz CT molecular complexity index is 708. The van der Waals surface area contributed by atoms with Crippen LogP contribution in [0.25, 0.3) is 0 Å². The van der Waals surface area contributed by atoms with Gasteiger partial charge < -0.3 is 14.5 Å². The molecule has 4 nitrogen and oxygen atoms in total. The summed E-state index contributed by atoms with van der Waals surface area (Å²) in [5, 5.41) is 0. The molecule has 0 atom stereocenters. The van der Waals surface area contributed by atoms with Crippen molar-refractivity contribution in [2.75, 3.05) is 37.7 Å². The molecule has 26 heavy (non-hydrogen) atoms. The van der Waals surface area contributed by atoms with Crippen molar-refractivity contribution in [3.05, 3.63) is 59.9 Å². The van der Waals surface area contributed by atoms with Crippen LogP contribution in [0.5, 0.6) is 5.75 Å². The predicted octanol–water partition coefficient (Wildman–Crippen LogP) is 3.64. The van der Waals surface area contributed by atoms with Gasteiger partial charge in [0.05, 0.1) is 6.61 Å². The summed E-state index contributed by atoms with van der Waals surface area (Å²) in [4.78, 5) is 16.4. The summed E-state index contributed by atoms with van der Waals surface area (Å²) in [7, 11) is 0. The standard InChI is InChI=1S/C21H25FN2O2/c1-17-4-10-20(11-5-17)26-16-2-3-21(25)24-14-12-23(13-15-24)19-8-6-18(22)7-9-19/h4-11H,2-3,12-16H2,1H3. The predicted molar refractivity (Wildman–Crippen MR) is 101 cm³/mol. The third-order valence-corrected chi connectivity index (χ3v) is 4.65. The van der Waals surface area contributed by atoms with Gasteiger partial charge in [-0.3, -0.25) is 4.79 Å². The van der Waals surface area contributed by atoms with Gasteiger partial charge in [0.2, 0.25) is 5.91 Å². The van der Waals surface area contributed by atoms with E-state index in [-0.39, 0.29) is 11.7 Å². The first kappa shape index (κ1) is 18.2. The summed E-state index contributed by atoms with van der Waals surface area (Å²) in [6, 6.07) is 14.5. The van der Waals surface area contributed by atoms with Gasteiger partial charge in [0.15, 0.2) is 0 Å². The fourth-order valence-corrected chi connectivity index (χ4v) is 3.07. The molecule has 0 N–H and O–H groups in total. The zero-order valence-corrected chi connectivity index (χ0v) is 15.2. The molecule has 5 heteroatoms. The zero-order valence-electron chi connectivity index (χ0n) is 15.2. The second kappa shape index (κ2) is 8.70. The van der Waals surface area contributed by atoms with Crippen molar-refractivity contribution < 1.29 is 13.9 Å². The number of carbonyl (C=O) groups is 1. The van der Waals surface area contributed by atoms with Crippen molar-refractivity contribution in [3.63, 3.8) is 0 Å². The average Bonchev–Trinajstić information content (AvgIpc) is 2.67. The number of rotatable bonds is 6. The number of halogens is 1. The van der Waals surface area contributed by atoms with Crippen LogP contribution in [0.3, 0.4) is 0 Å². The number of nitrogens with zero attached hydrogens (tertiary/aromatic N) is 2. The van der Waals surface area contributed by atoms with Gasteiger partial charge in [0.1, 0.15) is 11.6 Å². The molecule has 1 aliphatic heterocycles. The minimum atomic E-state index is -0.226. The number of carbonyl (C=O) groups excluding carboxylic acids is 1. The highest BCUT2D eigenvalue weighted by Gasteiger charge is 2.20. The average molecular weight is 356 g/mol. The Labute approximate surface area is 154 Å². The topological polar surface area (TPSA) is 32.8 Å². The molecular weight excluding hydrogens is 331 g/mol. The normalized spacial score (nSPS) is 14.4. The highest BCUT2D eigenvalue weighted by atomic mass is 19.1. The van der Waals surface area contributed by atoms with Crippen LogP contribution in [-0.2, 0) is 4.79 Å². The summed E-state index contributed by atoms with van der Waals surface area (Å²) in [5.41, 5.74) is 2.21. The van der Waals surface area contributed by atoms with E-state index >= 15 is 0 Å². The summed E-state index contributed by atoms with van der Waals surface area (Å²) in [6.07, 6.45) is 1.22. The number of benzene rings is 2. The Morgan fingerprint density at radius 2 is 1.65 bits per heavy atom. The van der Waals surface area contributed by atoms with E-state index in [1.165, 1.54) is 17.7 Å². The number of hydrogen-bond donors (Lipinski definition) is 0. The lowest BCUT2D eigenvalue weighted by molar-refractivity contribution is -0.131. The third kappa shape index (κ3) is 4.97. The van der Waals surface area contributed by atoms with Crippen molar-refractivity contribution in [2.24, 2.45) is 0 Å². The lowest BCUT2D eigenvalue weighted by Gasteiger charge is -2.36. The van der Waals surface area contributed by atoms with Gasteiger partial charge in [0, 0.05) is 38.3 Å². The maximum absolute atomic E-state index is 13.0. The number of piperazine rings is 1. The van der Waals surface area contributed by atoms with Crippen LogP contribution in [0.1, 0.15) is 18.4 Å². The van der Waals surface area contributed by atoms with E-state index < -0.39 is 0 Å². The van der Waals surface area contributed by atoms with E-state index in [4.69, 9.17) is 4.74 Å². The number of ether oxygens (including phenoxy) is 1. The monoisotopic (exact) mass is 356 g/mol. The lowest BCUT2D eigenvalue weighted by Crippen LogP contribution is -2.48. The molecule has 2 aromatic rings. The third-order valence-electron chi connectivity index (χ3n) is 4.65. The smallest absolute Gasteiger partial charge is 0.222 e. The van der Waals surface area contributed by atoms with Crippen molar-refractivity contribution in [1.29, 1.82) is 0 Å². The van der Waals surface area contributed by atoms with Crippen molar-refractivity contribution in [3.8, 4) is 5.75 Å². The molecule has 1 saturated heterocycles. The second-order valence-electron chi connectivity index (χ2n) is 6.61. The van der Waals surface area contributed by atoms with Gasteiger partial charge in [-0.25, -0.2) is 4.39 Å². The van der Waals surface area contributed by atoms with Crippen LogP contribution in [0.4, 0.5) is 10.1 Å². The largest absolute Gasteiger partial charge is 0.494 e. The van der Waals surface area contributed by atoms with Gasteiger partial charge >= 0.3 is 0 Å². The van der Waals surface area contributed by atoms with Gasteiger partial charge in [-0.05, 0) is 49.7 Å². The van der Waals surface area contributed by atoms with Crippen LogP contribution >= 0.6 is 0 Å². The number of amides is 1. The van der Waals surface area contributed by atoms with Gasteiger partial charge in [0.25, 0.3) is 0 Å². The molecule has 0 saturated carbocycles. The molecule has 0 aliphatic carbocycles. The van der Waals surface area contributed by atoms with Gasteiger partial charge in [-0.1, -0.05) is 17.7 Å². The van der Waals surface area contributed by atoms with Crippen LogP contribution in [-0.4, -0.2) is 43.6 Å². The van der Waals surface area contributed by atoms with E-state index in [1.54, 1.807) is 12.1 Å². The van der Waals surface area contributed by atoms with Crippen molar-refractivity contribution in [1.82, 2.24) is 4.90 Å². The molecule has 0 unspecified atom stereocenters. The summed E-state index contributed by atoms with van der Waals surface area (Å²) in [6.45, 7) is 5.54. The maximum atomic E-state index is 13.0. The van der Waals surface area contributed by atoms with Crippen LogP contribution in [0.2, 0.25) is 0 Å². The lowest BCUT2D eigenvalue weighted by atomic mass is 10.2. The Balaban J connectivity index is 1.37. The fourth-order valence-electron chi connectivity index (χ4n) is 3.07. The molecular formula is C21H25FN2O2. The summed E-state index contributed by atoms with van der Waals surface area (Å²) in [5.74, 6) is 0.794. The van der Waals surface area contributed by atoms with E-state index in [1.807, 2.05) is 36.1 Å². The van der Waals surface area contributed by atoms with Crippen LogP contribution in [0, 0.1) is 12.7 Å². The van der Waals surface area contributed by atoms with E-state index in [0.717, 1.165) is 24.5 Å². The molecule has 0 radical (unpaired) electrons. The number of anilines is 1. The Morgan fingerprint density at radius 1 is 1.00 bits per heavy atom. The SMILES string of the molecule is Cc1ccc(OCCCC(=O)N2CCN(c3ccc(F)cc3)CC2)cc1. The number of aryl methyl sites for hydroxylation is 1. The van der Waals surface area contributed by atoms with Gasteiger partial charge in [-0.15, -0.1) is 0 Å². The molecule has 1 fully saturated rings. The molecule has 0 aromatic heterocycles.